The lowest BCUT2D eigenvalue weighted by atomic mass is 9.82. The topological polar surface area (TPSA) is 57.8 Å². The van der Waals surface area contributed by atoms with Crippen LogP contribution in [0.4, 0.5) is 0 Å². The van der Waals surface area contributed by atoms with Gasteiger partial charge in [-0.05, 0) is 24.8 Å². The molecule has 0 atom stereocenters. The zero-order valence-corrected chi connectivity index (χ0v) is 8.29. The number of aromatic amines is 1. The van der Waals surface area contributed by atoms with E-state index in [-0.39, 0.29) is 5.56 Å². The van der Waals surface area contributed by atoms with Gasteiger partial charge in [-0.25, -0.2) is 5.10 Å². The normalized spacial score (nSPS) is 25.8. The van der Waals surface area contributed by atoms with Gasteiger partial charge in [-0.1, -0.05) is 6.92 Å². The van der Waals surface area contributed by atoms with Crippen LogP contribution in [-0.2, 0) is 6.54 Å². The van der Waals surface area contributed by atoms with Crippen LogP contribution in [0.25, 0.3) is 0 Å². The Morgan fingerprint density at radius 2 is 2.36 bits per heavy atom. The van der Waals surface area contributed by atoms with E-state index in [2.05, 4.69) is 22.4 Å². The SMILES string of the molecule is CC1CC(NCc2ccc(=O)[nH]n2)C1. The van der Waals surface area contributed by atoms with E-state index >= 15 is 0 Å². The first-order chi connectivity index (χ1) is 6.74. The zero-order valence-electron chi connectivity index (χ0n) is 8.29. The predicted molar refractivity (Wildman–Crippen MR) is 53.9 cm³/mol. The molecule has 0 amide bonds. The summed E-state index contributed by atoms with van der Waals surface area (Å²) in [6.45, 7) is 3.00. The number of nitrogens with one attached hydrogen (secondary N) is 2. The Morgan fingerprint density at radius 1 is 1.57 bits per heavy atom. The first-order valence-electron chi connectivity index (χ1n) is 5.02. The molecule has 1 heterocycles. The second-order valence-electron chi connectivity index (χ2n) is 4.07. The third kappa shape index (κ3) is 2.20. The fraction of sp³-hybridized carbons (Fsp3) is 0.600. The molecule has 0 spiro atoms. The van der Waals surface area contributed by atoms with E-state index in [1.807, 2.05) is 0 Å². The van der Waals surface area contributed by atoms with Gasteiger partial charge in [-0.2, -0.15) is 5.10 Å². The van der Waals surface area contributed by atoms with Crippen LogP contribution in [0.2, 0.25) is 0 Å². The van der Waals surface area contributed by atoms with Gasteiger partial charge < -0.3 is 5.32 Å². The van der Waals surface area contributed by atoms with Crippen LogP contribution in [0, 0.1) is 5.92 Å². The van der Waals surface area contributed by atoms with Crippen molar-refractivity contribution < 1.29 is 0 Å². The molecule has 76 valence electrons. The molecule has 2 rings (SSSR count). The lowest BCUT2D eigenvalue weighted by molar-refractivity contribution is 0.239. The first kappa shape index (κ1) is 9.40. The third-order valence-electron chi connectivity index (χ3n) is 2.68. The molecule has 4 heteroatoms. The Bertz CT molecular complexity index is 334. The lowest BCUT2D eigenvalue weighted by Crippen LogP contribution is -2.39. The summed E-state index contributed by atoms with van der Waals surface area (Å²) in [7, 11) is 0. The van der Waals surface area contributed by atoms with Crippen LogP contribution in [0.15, 0.2) is 16.9 Å². The molecule has 1 aliphatic carbocycles. The summed E-state index contributed by atoms with van der Waals surface area (Å²) in [6, 6.07) is 3.90. The minimum atomic E-state index is -0.147. The molecule has 4 nitrogen and oxygen atoms in total. The Labute approximate surface area is 82.7 Å². The highest BCUT2D eigenvalue weighted by Crippen LogP contribution is 2.26. The van der Waals surface area contributed by atoms with Gasteiger partial charge in [0.15, 0.2) is 0 Å². The summed E-state index contributed by atoms with van der Waals surface area (Å²) in [5, 5.41) is 9.75. The molecule has 1 saturated carbocycles. The average Bonchev–Trinajstić information content (AvgIpc) is 2.13. The van der Waals surface area contributed by atoms with Crippen molar-refractivity contribution >= 4 is 0 Å². The van der Waals surface area contributed by atoms with E-state index in [4.69, 9.17) is 0 Å². The highest BCUT2D eigenvalue weighted by Gasteiger charge is 2.24. The predicted octanol–water partition coefficient (Wildman–Crippen LogP) is 0.658. The summed E-state index contributed by atoms with van der Waals surface area (Å²) in [5.41, 5.74) is 0.746. The summed E-state index contributed by atoms with van der Waals surface area (Å²) in [5.74, 6) is 0.857. The van der Waals surface area contributed by atoms with Gasteiger partial charge in [0.05, 0.1) is 5.69 Å². The minimum Gasteiger partial charge on any atom is -0.308 e. The molecule has 1 aromatic heterocycles. The molecule has 0 radical (unpaired) electrons. The van der Waals surface area contributed by atoms with Gasteiger partial charge in [0.1, 0.15) is 0 Å². The highest BCUT2D eigenvalue weighted by molar-refractivity contribution is 4.99. The molecule has 0 aliphatic heterocycles. The zero-order chi connectivity index (χ0) is 9.97. The van der Waals surface area contributed by atoms with Crippen LogP contribution in [0.5, 0.6) is 0 Å². The van der Waals surface area contributed by atoms with Gasteiger partial charge >= 0.3 is 0 Å². The Kier molecular flexibility index (Phi) is 2.63. The number of hydrogen-bond acceptors (Lipinski definition) is 3. The monoisotopic (exact) mass is 193 g/mol. The van der Waals surface area contributed by atoms with Gasteiger partial charge in [-0.15, -0.1) is 0 Å². The second-order valence-corrected chi connectivity index (χ2v) is 4.07. The Morgan fingerprint density at radius 3 is 2.93 bits per heavy atom. The molecule has 1 aliphatic rings. The van der Waals surface area contributed by atoms with Crippen molar-refractivity contribution in [3.8, 4) is 0 Å². The average molecular weight is 193 g/mol. The molecule has 2 N–H and O–H groups in total. The third-order valence-corrected chi connectivity index (χ3v) is 2.68. The van der Waals surface area contributed by atoms with E-state index in [1.54, 1.807) is 6.07 Å². The Balaban J connectivity index is 1.80. The molecule has 0 aromatic carbocycles. The molecule has 14 heavy (non-hydrogen) atoms. The maximum absolute atomic E-state index is 10.7. The van der Waals surface area contributed by atoms with Crippen LogP contribution in [0.1, 0.15) is 25.5 Å². The van der Waals surface area contributed by atoms with Crippen LogP contribution >= 0.6 is 0 Å². The fourth-order valence-corrected chi connectivity index (χ4v) is 1.79. The summed E-state index contributed by atoms with van der Waals surface area (Å²) >= 11 is 0. The van der Waals surface area contributed by atoms with Crippen molar-refractivity contribution in [1.29, 1.82) is 0 Å². The van der Waals surface area contributed by atoms with E-state index in [1.165, 1.54) is 18.9 Å². The molecule has 0 bridgehead atoms. The number of hydrogen-bond donors (Lipinski definition) is 2. The van der Waals surface area contributed by atoms with Crippen LogP contribution in [-0.4, -0.2) is 16.2 Å². The van der Waals surface area contributed by atoms with Gasteiger partial charge in [0, 0.05) is 18.7 Å². The van der Waals surface area contributed by atoms with Crippen molar-refractivity contribution in [1.82, 2.24) is 15.5 Å². The molecule has 1 fully saturated rings. The maximum Gasteiger partial charge on any atom is 0.264 e. The molecular weight excluding hydrogens is 178 g/mol. The van der Waals surface area contributed by atoms with Crippen LogP contribution in [0.3, 0.4) is 0 Å². The number of H-pyrrole nitrogens is 1. The van der Waals surface area contributed by atoms with Crippen molar-refractivity contribution in [2.24, 2.45) is 5.92 Å². The molecular formula is C10H15N3O. The highest BCUT2D eigenvalue weighted by atomic mass is 16.1. The van der Waals surface area contributed by atoms with Gasteiger partial charge in [-0.3, -0.25) is 4.79 Å². The van der Waals surface area contributed by atoms with E-state index < -0.39 is 0 Å². The summed E-state index contributed by atoms with van der Waals surface area (Å²) in [6.07, 6.45) is 2.51. The van der Waals surface area contributed by atoms with Crippen molar-refractivity contribution in [3.05, 3.63) is 28.2 Å². The lowest BCUT2D eigenvalue weighted by Gasteiger charge is -2.33. The minimum absolute atomic E-state index is 0.147. The number of rotatable bonds is 3. The number of nitrogens with zero attached hydrogens (tertiary/aromatic N) is 1. The van der Waals surface area contributed by atoms with Crippen molar-refractivity contribution in [2.75, 3.05) is 0 Å². The van der Waals surface area contributed by atoms with Crippen molar-refractivity contribution in [2.45, 2.75) is 32.4 Å². The van der Waals surface area contributed by atoms with Crippen LogP contribution < -0.4 is 10.9 Å². The second kappa shape index (κ2) is 3.92. The fourth-order valence-electron chi connectivity index (χ4n) is 1.79. The summed E-state index contributed by atoms with van der Waals surface area (Å²) in [4.78, 5) is 10.7. The number of aromatic nitrogens is 2. The van der Waals surface area contributed by atoms with E-state index in [0.717, 1.165) is 18.2 Å². The van der Waals surface area contributed by atoms with Gasteiger partial charge in [0.25, 0.3) is 5.56 Å². The first-order valence-corrected chi connectivity index (χ1v) is 5.02. The van der Waals surface area contributed by atoms with E-state index in [9.17, 15) is 4.79 Å². The maximum atomic E-state index is 10.7. The van der Waals surface area contributed by atoms with E-state index in [0.29, 0.717) is 6.04 Å². The molecule has 0 saturated heterocycles. The molecule has 1 aromatic rings. The van der Waals surface area contributed by atoms with Crippen molar-refractivity contribution in [3.63, 3.8) is 0 Å². The quantitative estimate of drug-likeness (QED) is 0.741. The largest absolute Gasteiger partial charge is 0.308 e. The molecule has 0 unspecified atom stereocenters. The smallest absolute Gasteiger partial charge is 0.264 e. The standard InChI is InChI=1S/C10H15N3O/c1-7-4-9(5-7)11-6-8-2-3-10(14)13-12-8/h2-3,7,9,11H,4-6H2,1H3,(H,13,14). The Hall–Kier alpha value is -1.16. The summed E-state index contributed by atoms with van der Waals surface area (Å²) < 4.78 is 0. The van der Waals surface area contributed by atoms with Gasteiger partial charge in [0.2, 0.25) is 0 Å².